The van der Waals surface area contributed by atoms with Gasteiger partial charge in [-0.15, -0.1) is 0 Å². The van der Waals surface area contributed by atoms with Crippen molar-refractivity contribution in [1.29, 1.82) is 5.26 Å². The molecule has 27 heavy (non-hydrogen) atoms. The minimum absolute atomic E-state index is 0.0754. The molecule has 1 aliphatic carbocycles. The first-order valence-corrected chi connectivity index (χ1v) is 10.5. The van der Waals surface area contributed by atoms with Gasteiger partial charge >= 0.3 is 0 Å². The fraction of sp³-hybridized carbons (Fsp3) is 0.389. The van der Waals surface area contributed by atoms with Gasteiger partial charge in [-0.3, -0.25) is 0 Å². The van der Waals surface area contributed by atoms with E-state index in [9.17, 15) is 13.7 Å². The normalized spacial score (nSPS) is 18.1. The molecule has 4 heterocycles. The lowest BCUT2D eigenvalue weighted by Crippen LogP contribution is -2.63. The molecule has 8 nitrogen and oxygen atoms in total. The van der Waals surface area contributed by atoms with Gasteiger partial charge in [-0.25, -0.2) is 18.4 Å². The molecular formula is C18H18N6O2S. The maximum Gasteiger partial charge on any atom is 0.213 e. The maximum absolute atomic E-state index is 12.2. The fourth-order valence-corrected chi connectivity index (χ4v) is 5.44. The molecule has 3 aromatic rings. The van der Waals surface area contributed by atoms with E-state index in [4.69, 9.17) is 0 Å². The van der Waals surface area contributed by atoms with Gasteiger partial charge in [-0.2, -0.15) is 9.57 Å². The Bertz CT molecular complexity index is 1210. The number of rotatable bonds is 4. The van der Waals surface area contributed by atoms with Crippen molar-refractivity contribution in [3.05, 3.63) is 36.0 Å². The number of nitrogens with one attached hydrogen (secondary N) is 1. The summed E-state index contributed by atoms with van der Waals surface area (Å²) < 4.78 is 27.8. The second kappa shape index (κ2) is 5.41. The van der Waals surface area contributed by atoms with Crippen molar-refractivity contribution in [2.75, 3.05) is 18.8 Å². The van der Waals surface area contributed by atoms with Gasteiger partial charge in [0.25, 0.3) is 0 Å². The van der Waals surface area contributed by atoms with Crippen LogP contribution in [0, 0.1) is 11.3 Å². The second-order valence-corrected chi connectivity index (χ2v) is 9.53. The van der Waals surface area contributed by atoms with Crippen LogP contribution in [0.3, 0.4) is 0 Å². The van der Waals surface area contributed by atoms with Gasteiger partial charge in [-0.1, -0.05) is 0 Å². The zero-order valence-corrected chi connectivity index (χ0v) is 15.6. The van der Waals surface area contributed by atoms with Crippen LogP contribution in [0.5, 0.6) is 0 Å². The zero-order chi connectivity index (χ0) is 18.8. The molecule has 0 atom stereocenters. The Morgan fingerprint density at radius 3 is 2.85 bits per heavy atom. The smallest absolute Gasteiger partial charge is 0.213 e. The lowest BCUT2D eigenvalue weighted by Gasteiger charge is -2.49. The maximum atomic E-state index is 12.2. The van der Waals surface area contributed by atoms with Gasteiger partial charge in [0.2, 0.25) is 10.0 Å². The average molecular weight is 382 g/mol. The number of fused-ring (bicyclic) bond motifs is 2. The Kier molecular flexibility index (Phi) is 3.30. The molecule has 0 bridgehead atoms. The highest BCUT2D eigenvalue weighted by Gasteiger charge is 2.49. The minimum atomic E-state index is -3.24. The highest BCUT2D eigenvalue weighted by Crippen LogP contribution is 2.41. The van der Waals surface area contributed by atoms with E-state index in [-0.39, 0.29) is 12.2 Å². The van der Waals surface area contributed by atoms with Gasteiger partial charge in [-0.05, 0) is 18.1 Å². The van der Waals surface area contributed by atoms with Crippen molar-refractivity contribution < 1.29 is 8.42 Å². The summed E-state index contributed by atoms with van der Waals surface area (Å²) in [6.45, 7) is 2.30. The summed E-state index contributed by atoms with van der Waals surface area (Å²) in [5, 5.41) is 10.4. The summed E-state index contributed by atoms with van der Waals surface area (Å²) in [7, 11) is -3.24. The Labute approximate surface area is 156 Å². The summed E-state index contributed by atoms with van der Waals surface area (Å²) in [5.74, 6) is 0.0754. The van der Waals surface area contributed by atoms with E-state index < -0.39 is 15.6 Å². The van der Waals surface area contributed by atoms with E-state index >= 15 is 0 Å². The van der Waals surface area contributed by atoms with Gasteiger partial charge in [0.05, 0.1) is 29.5 Å². The Morgan fingerprint density at radius 1 is 1.30 bits per heavy atom. The molecule has 1 saturated heterocycles. The van der Waals surface area contributed by atoms with Crippen LogP contribution in [-0.4, -0.2) is 51.1 Å². The SMILES string of the molecule is CCS(=O)(=O)N1CC(CC#N)(n2cc3c(c2)-c2ncnc4[nH]cc(c24)C3)C1. The average Bonchev–Trinajstić information content (AvgIpc) is 3.24. The zero-order valence-electron chi connectivity index (χ0n) is 14.8. The number of aromatic amines is 1. The first-order chi connectivity index (χ1) is 13.0. The van der Waals surface area contributed by atoms with Crippen molar-refractivity contribution in [2.45, 2.75) is 25.3 Å². The van der Waals surface area contributed by atoms with E-state index in [0.717, 1.165) is 39.8 Å². The second-order valence-electron chi connectivity index (χ2n) is 7.27. The summed E-state index contributed by atoms with van der Waals surface area (Å²) in [5.41, 5.74) is 4.52. The number of hydrogen-bond acceptors (Lipinski definition) is 5. The van der Waals surface area contributed by atoms with E-state index in [2.05, 4.69) is 21.0 Å². The van der Waals surface area contributed by atoms with Gasteiger partial charge in [0, 0.05) is 49.1 Å². The molecule has 1 fully saturated rings. The van der Waals surface area contributed by atoms with Crippen LogP contribution in [-0.2, 0) is 22.0 Å². The van der Waals surface area contributed by atoms with Crippen molar-refractivity contribution >= 4 is 21.1 Å². The molecule has 2 aliphatic rings. The molecule has 0 saturated carbocycles. The van der Waals surface area contributed by atoms with Crippen LogP contribution in [0.1, 0.15) is 24.5 Å². The Hall–Kier alpha value is -2.70. The van der Waals surface area contributed by atoms with Gasteiger partial charge < -0.3 is 9.55 Å². The van der Waals surface area contributed by atoms with E-state index in [0.29, 0.717) is 13.1 Å². The third-order valence-electron chi connectivity index (χ3n) is 5.75. The van der Waals surface area contributed by atoms with Crippen molar-refractivity contribution in [3.63, 3.8) is 0 Å². The Balaban J connectivity index is 1.57. The largest absolute Gasteiger partial charge is 0.346 e. The molecule has 0 spiro atoms. The topological polar surface area (TPSA) is 108 Å². The lowest BCUT2D eigenvalue weighted by atomic mass is 9.89. The van der Waals surface area contributed by atoms with Crippen LogP contribution in [0.2, 0.25) is 0 Å². The first-order valence-electron chi connectivity index (χ1n) is 8.85. The molecule has 0 radical (unpaired) electrons. The molecule has 0 aromatic carbocycles. The summed E-state index contributed by atoms with van der Waals surface area (Å²) in [6.07, 6.45) is 8.61. The number of H-pyrrole nitrogens is 1. The van der Waals surface area contributed by atoms with E-state index in [1.54, 1.807) is 13.3 Å². The highest BCUT2D eigenvalue weighted by atomic mass is 32.2. The predicted octanol–water partition coefficient (Wildman–Crippen LogP) is 1.60. The van der Waals surface area contributed by atoms with Crippen LogP contribution >= 0.6 is 0 Å². The lowest BCUT2D eigenvalue weighted by molar-refractivity contribution is 0.0850. The molecule has 3 aromatic heterocycles. The molecule has 1 N–H and O–H groups in total. The summed E-state index contributed by atoms with van der Waals surface area (Å²) in [4.78, 5) is 12.0. The highest BCUT2D eigenvalue weighted by molar-refractivity contribution is 7.89. The van der Waals surface area contributed by atoms with Crippen molar-refractivity contribution in [3.8, 4) is 17.3 Å². The number of aromatic nitrogens is 4. The number of sulfonamides is 1. The molecule has 9 heteroatoms. The van der Waals surface area contributed by atoms with Crippen LogP contribution < -0.4 is 0 Å². The minimum Gasteiger partial charge on any atom is -0.346 e. The fourth-order valence-electron chi connectivity index (χ4n) is 4.20. The predicted molar refractivity (Wildman–Crippen MR) is 99.4 cm³/mol. The number of nitriles is 1. The molecule has 1 aliphatic heterocycles. The van der Waals surface area contributed by atoms with E-state index in [1.807, 2.05) is 23.2 Å². The number of nitrogens with zero attached hydrogens (tertiary/aromatic N) is 5. The Morgan fingerprint density at radius 2 is 2.11 bits per heavy atom. The van der Waals surface area contributed by atoms with Crippen LogP contribution in [0.15, 0.2) is 24.9 Å². The third-order valence-corrected chi connectivity index (χ3v) is 7.53. The van der Waals surface area contributed by atoms with Gasteiger partial charge in [0.15, 0.2) is 0 Å². The van der Waals surface area contributed by atoms with Crippen LogP contribution in [0.25, 0.3) is 22.3 Å². The molecule has 0 amide bonds. The monoisotopic (exact) mass is 382 g/mol. The molecule has 5 rings (SSSR count). The quantitative estimate of drug-likeness (QED) is 0.577. The third kappa shape index (κ3) is 2.20. The molecule has 0 unspecified atom stereocenters. The van der Waals surface area contributed by atoms with Crippen molar-refractivity contribution in [1.82, 2.24) is 23.8 Å². The molecular weight excluding hydrogens is 364 g/mol. The van der Waals surface area contributed by atoms with Gasteiger partial charge in [0.1, 0.15) is 12.0 Å². The standard InChI is InChI=1S/C18H18N6O2S/c1-2-27(25,26)24-9-18(10-24,3-4-19)23-7-13-5-12-6-20-17-15(12)16(14(13)8-23)21-11-22-17/h6-8,11H,2-3,5,9-10H2,1H3,(H,20,21,22). The van der Waals surface area contributed by atoms with Crippen LogP contribution in [0.4, 0.5) is 0 Å². The summed E-state index contributed by atoms with van der Waals surface area (Å²) >= 11 is 0. The van der Waals surface area contributed by atoms with E-state index in [1.165, 1.54) is 4.31 Å². The summed E-state index contributed by atoms with van der Waals surface area (Å²) in [6, 6.07) is 2.24. The number of hydrogen-bond donors (Lipinski definition) is 1. The first kappa shape index (κ1) is 16.5. The van der Waals surface area contributed by atoms with Crippen molar-refractivity contribution in [2.24, 2.45) is 0 Å². The molecule has 138 valence electrons.